The third-order valence-electron chi connectivity index (χ3n) is 2.33. The van der Waals surface area contributed by atoms with Crippen molar-refractivity contribution in [3.05, 3.63) is 37.2 Å². The quantitative estimate of drug-likeness (QED) is 0.590. The molecule has 0 aliphatic heterocycles. The van der Waals surface area contributed by atoms with Crippen molar-refractivity contribution in [2.45, 2.75) is 0 Å². The molecule has 0 aliphatic rings. The Kier molecular flexibility index (Phi) is 1.58. The largest absolute Gasteiger partial charge is 0.318 e. The predicted molar refractivity (Wildman–Crippen MR) is 55.6 cm³/mol. The van der Waals surface area contributed by atoms with E-state index in [0.717, 1.165) is 17.0 Å². The van der Waals surface area contributed by atoms with E-state index in [1.165, 1.54) is 0 Å². The average molecular weight is 199 g/mol. The highest BCUT2D eigenvalue weighted by Gasteiger charge is 2.08. The maximum absolute atomic E-state index is 4.29. The molecule has 0 amide bonds. The third-order valence-corrected chi connectivity index (χ3v) is 2.33. The third kappa shape index (κ3) is 1.13. The van der Waals surface area contributed by atoms with Gasteiger partial charge in [-0.15, -0.1) is 0 Å². The Hall–Kier alpha value is -2.17. The molecule has 0 radical (unpaired) electrons. The fourth-order valence-electron chi connectivity index (χ4n) is 1.60. The molecular weight excluding hydrogens is 190 g/mol. The Morgan fingerprint density at radius 2 is 1.87 bits per heavy atom. The molecule has 5 nitrogen and oxygen atoms in total. The maximum Gasteiger partial charge on any atom is 0.168 e. The highest BCUT2D eigenvalue weighted by Crippen LogP contribution is 2.15. The summed E-state index contributed by atoms with van der Waals surface area (Å²) in [5, 5.41) is 0. The van der Waals surface area contributed by atoms with Crippen molar-refractivity contribution in [1.82, 2.24) is 24.1 Å². The summed E-state index contributed by atoms with van der Waals surface area (Å²) in [6, 6.07) is 3.91. The van der Waals surface area contributed by atoms with Gasteiger partial charge < -0.3 is 9.13 Å². The molecule has 0 bridgehead atoms. The van der Waals surface area contributed by atoms with Crippen LogP contribution in [0.3, 0.4) is 0 Å². The molecule has 74 valence electrons. The minimum atomic E-state index is 0.811. The van der Waals surface area contributed by atoms with Gasteiger partial charge in [-0.05, 0) is 12.1 Å². The zero-order valence-corrected chi connectivity index (χ0v) is 8.20. The molecule has 0 N–H and O–H groups in total. The summed E-state index contributed by atoms with van der Waals surface area (Å²) in [4.78, 5) is 12.7. The molecule has 15 heavy (non-hydrogen) atoms. The van der Waals surface area contributed by atoms with Gasteiger partial charge in [0.2, 0.25) is 0 Å². The van der Waals surface area contributed by atoms with Crippen LogP contribution in [0.1, 0.15) is 0 Å². The van der Waals surface area contributed by atoms with Gasteiger partial charge in [0, 0.05) is 19.4 Å². The van der Waals surface area contributed by atoms with Crippen molar-refractivity contribution in [1.29, 1.82) is 0 Å². The zero-order chi connectivity index (χ0) is 10.3. The molecule has 3 aromatic heterocycles. The second-order valence-corrected chi connectivity index (χ2v) is 3.32. The number of aromatic nitrogens is 5. The fraction of sp³-hybridized carbons (Fsp3) is 0.100. The van der Waals surface area contributed by atoms with Crippen LogP contribution in [0.15, 0.2) is 37.2 Å². The van der Waals surface area contributed by atoms with E-state index in [2.05, 4.69) is 15.0 Å². The second kappa shape index (κ2) is 2.91. The number of hydrogen-bond acceptors (Lipinski definition) is 3. The average Bonchev–Trinajstić information content (AvgIpc) is 2.88. The Labute approximate surface area is 86.0 Å². The van der Waals surface area contributed by atoms with Gasteiger partial charge in [0.1, 0.15) is 6.33 Å². The molecule has 5 heteroatoms. The Morgan fingerprint density at radius 3 is 2.67 bits per heavy atom. The van der Waals surface area contributed by atoms with Crippen molar-refractivity contribution in [2.24, 2.45) is 7.05 Å². The van der Waals surface area contributed by atoms with Crippen molar-refractivity contribution in [3.63, 3.8) is 0 Å². The Morgan fingerprint density at radius 1 is 1.07 bits per heavy atom. The van der Waals surface area contributed by atoms with Crippen LogP contribution >= 0.6 is 0 Å². The second-order valence-electron chi connectivity index (χ2n) is 3.32. The van der Waals surface area contributed by atoms with Crippen molar-refractivity contribution in [3.8, 4) is 5.82 Å². The normalized spacial score (nSPS) is 11.0. The number of hydrogen-bond donors (Lipinski definition) is 0. The van der Waals surface area contributed by atoms with E-state index in [1.54, 1.807) is 12.7 Å². The minimum absolute atomic E-state index is 0.811. The lowest BCUT2D eigenvalue weighted by molar-refractivity contribution is 0.924. The molecular formula is C10H9N5. The standard InChI is InChI=1S/C10H9N5/c1-14-7-13-8-9(14)11-6-12-10(8)15-4-2-3-5-15/h2-7H,1H3. The first-order chi connectivity index (χ1) is 7.36. The molecule has 0 aliphatic carbocycles. The lowest BCUT2D eigenvalue weighted by Crippen LogP contribution is -1.97. The lowest BCUT2D eigenvalue weighted by atomic mass is 10.5. The van der Waals surface area contributed by atoms with E-state index in [4.69, 9.17) is 0 Å². The van der Waals surface area contributed by atoms with Crippen LogP contribution in [0.5, 0.6) is 0 Å². The highest BCUT2D eigenvalue weighted by molar-refractivity contribution is 5.78. The summed E-state index contributed by atoms with van der Waals surface area (Å²) in [6.45, 7) is 0. The minimum Gasteiger partial charge on any atom is -0.318 e. The molecule has 3 rings (SSSR count). The Balaban J connectivity index is 2.36. The van der Waals surface area contributed by atoms with E-state index in [9.17, 15) is 0 Å². The zero-order valence-electron chi connectivity index (χ0n) is 8.20. The number of nitrogens with zero attached hydrogens (tertiary/aromatic N) is 5. The van der Waals surface area contributed by atoms with Crippen LogP contribution in [0.4, 0.5) is 0 Å². The fourth-order valence-corrected chi connectivity index (χ4v) is 1.60. The van der Waals surface area contributed by atoms with Crippen LogP contribution in [0.2, 0.25) is 0 Å². The maximum atomic E-state index is 4.29. The number of rotatable bonds is 1. The van der Waals surface area contributed by atoms with Crippen LogP contribution in [0.25, 0.3) is 17.0 Å². The SMILES string of the molecule is Cn1cnc2c(-n3cccc3)ncnc21. The first kappa shape index (κ1) is 8.16. The summed E-state index contributed by atoms with van der Waals surface area (Å²) >= 11 is 0. The van der Waals surface area contributed by atoms with Gasteiger partial charge in [-0.25, -0.2) is 15.0 Å². The topological polar surface area (TPSA) is 48.5 Å². The van der Waals surface area contributed by atoms with E-state index in [-0.39, 0.29) is 0 Å². The predicted octanol–water partition coefficient (Wildman–Crippen LogP) is 1.15. The molecule has 0 saturated heterocycles. The van der Waals surface area contributed by atoms with Crippen LogP contribution < -0.4 is 0 Å². The van der Waals surface area contributed by atoms with Crippen LogP contribution in [0, 0.1) is 0 Å². The summed E-state index contributed by atoms with van der Waals surface area (Å²) in [5.74, 6) is 0.811. The summed E-state index contributed by atoms with van der Waals surface area (Å²) in [6.07, 6.45) is 7.18. The van der Waals surface area contributed by atoms with Crippen molar-refractivity contribution >= 4 is 11.2 Å². The first-order valence-electron chi connectivity index (χ1n) is 4.61. The highest BCUT2D eigenvalue weighted by atomic mass is 15.1. The molecule has 0 fully saturated rings. The van der Waals surface area contributed by atoms with Gasteiger partial charge in [-0.2, -0.15) is 0 Å². The first-order valence-corrected chi connectivity index (χ1v) is 4.61. The molecule has 0 aromatic carbocycles. The number of fused-ring (bicyclic) bond motifs is 1. The molecule has 3 aromatic rings. The summed E-state index contributed by atoms with van der Waals surface area (Å²) in [7, 11) is 1.92. The van der Waals surface area contributed by atoms with E-state index in [0.29, 0.717) is 0 Å². The van der Waals surface area contributed by atoms with E-state index < -0.39 is 0 Å². The smallest absolute Gasteiger partial charge is 0.168 e. The Bertz CT molecular complexity index is 593. The summed E-state index contributed by atoms with van der Waals surface area (Å²) < 4.78 is 3.81. The number of aryl methyl sites for hydroxylation is 1. The van der Waals surface area contributed by atoms with E-state index in [1.807, 2.05) is 40.7 Å². The molecule has 0 unspecified atom stereocenters. The van der Waals surface area contributed by atoms with Crippen LogP contribution in [-0.2, 0) is 7.05 Å². The molecule has 3 heterocycles. The lowest BCUT2D eigenvalue weighted by Gasteiger charge is -2.01. The monoisotopic (exact) mass is 199 g/mol. The van der Waals surface area contributed by atoms with Gasteiger partial charge in [-0.3, -0.25) is 0 Å². The van der Waals surface area contributed by atoms with Gasteiger partial charge >= 0.3 is 0 Å². The van der Waals surface area contributed by atoms with Gasteiger partial charge in [-0.1, -0.05) is 0 Å². The molecule has 0 spiro atoms. The molecule has 0 saturated carbocycles. The van der Waals surface area contributed by atoms with Crippen molar-refractivity contribution in [2.75, 3.05) is 0 Å². The van der Waals surface area contributed by atoms with E-state index >= 15 is 0 Å². The van der Waals surface area contributed by atoms with Gasteiger partial charge in [0.05, 0.1) is 6.33 Å². The van der Waals surface area contributed by atoms with Gasteiger partial charge in [0.15, 0.2) is 17.0 Å². The molecule has 0 atom stereocenters. The van der Waals surface area contributed by atoms with Crippen LogP contribution in [-0.4, -0.2) is 24.1 Å². The van der Waals surface area contributed by atoms with Gasteiger partial charge in [0.25, 0.3) is 0 Å². The summed E-state index contributed by atoms with van der Waals surface area (Å²) in [5.41, 5.74) is 1.66. The van der Waals surface area contributed by atoms with Crippen molar-refractivity contribution < 1.29 is 0 Å². The number of imidazole rings is 1.